The van der Waals surface area contributed by atoms with E-state index in [1.54, 1.807) is 0 Å². The number of aryl methyl sites for hydroxylation is 1. The highest BCUT2D eigenvalue weighted by atomic mass is 19.1. The van der Waals surface area contributed by atoms with Crippen molar-refractivity contribution < 1.29 is 9.31 Å². The monoisotopic (exact) mass is 277 g/mol. The van der Waals surface area contributed by atoms with Gasteiger partial charge in [0.25, 0.3) is 5.69 Å². The Bertz CT molecular complexity index is 610. The smallest absolute Gasteiger partial charge is 0.295 e. The van der Waals surface area contributed by atoms with Crippen LogP contribution in [0.25, 0.3) is 0 Å². The van der Waals surface area contributed by atoms with Crippen molar-refractivity contribution in [1.29, 1.82) is 0 Å². The zero-order valence-corrected chi connectivity index (χ0v) is 11.2. The first-order valence-corrected chi connectivity index (χ1v) is 6.42. The number of nitro benzene ring substituents is 1. The number of nitro groups is 1. The Labute approximate surface area is 116 Å². The van der Waals surface area contributed by atoms with Crippen LogP contribution in [-0.2, 0) is 13.1 Å². The summed E-state index contributed by atoms with van der Waals surface area (Å²) in [7, 11) is 0. The summed E-state index contributed by atoms with van der Waals surface area (Å²) < 4.78 is 15.1. The molecule has 0 spiro atoms. The van der Waals surface area contributed by atoms with Gasteiger partial charge in [-0.3, -0.25) is 10.1 Å². The molecule has 0 atom stereocenters. The molecule has 2 rings (SSSR count). The van der Waals surface area contributed by atoms with E-state index in [2.05, 4.69) is 16.8 Å². The minimum Gasteiger partial charge on any atom is -0.375 e. The van der Waals surface area contributed by atoms with Crippen molar-refractivity contribution in [2.24, 2.45) is 0 Å². The number of hydrogen-bond acceptors (Lipinski definition) is 3. The fraction of sp³-hybridized carbons (Fsp3) is 0.286. The number of anilines is 1. The lowest BCUT2D eigenvalue weighted by Crippen LogP contribution is -2.02. The Morgan fingerprint density at radius 3 is 2.90 bits per heavy atom. The van der Waals surface area contributed by atoms with E-state index in [0.717, 1.165) is 24.6 Å². The van der Waals surface area contributed by atoms with Crippen LogP contribution < -0.4 is 5.32 Å². The minimum absolute atomic E-state index is 0.252. The molecule has 5 nitrogen and oxygen atoms in total. The third kappa shape index (κ3) is 3.34. The SMILES string of the molecule is CCCn1ccc(CNc2ccc(F)cc2[N+](=O)[O-])c1. The average molecular weight is 277 g/mol. The van der Waals surface area contributed by atoms with Crippen molar-refractivity contribution in [3.8, 4) is 0 Å². The average Bonchev–Trinajstić information content (AvgIpc) is 2.85. The van der Waals surface area contributed by atoms with Gasteiger partial charge in [0.2, 0.25) is 0 Å². The highest BCUT2D eigenvalue weighted by Crippen LogP contribution is 2.25. The van der Waals surface area contributed by atoms with E-state index >= 15 is 0 Å². The summed E-state index contributed by atoms with van der Waals surface area (Å²) in [6, 6.07) is 5.47. The third-order valence-electron chi connectivity index (χ3n) is 2.93. The maximum absolute atomic E-state index is 13.0. The summed E-state index contributed by atoms with van der Waals surface area (Å²) in [6.45, 7) is 3.50. The van der Waals surface area contributed by atoms with Crippen LogP contribution >= 0.6 is 0 Å². The van der Waals surface area contributed by atoms with Crippen LogP contribution in [0.3, 0.4) is 0 Å². The van der Waals surface area contributed by atoms with Crippen molar-refractivity contribution in [2.75, 3.05) is 5.32 Å². The van der Waals surface area contributed by atoms with Crippen molar-refractivity contribution in [3.63, 3.8) is 0 Å². The molecule has 0 unspecified atom stereocenters. The lowest BCUT2D eigenvalue weighted by Gasteiger charge is -2.06. The minimum atomic E-state index is -0.614. The van der Waals surface area contributed by atoms with Crippen LogP contribution in [0.15, 0.2) is 36.7 Å². The first-order chi connectivity index (χ1) is 9.60. The molecule has 0 aliphatic rings. The lowest BCUT2D eigenvalue weighted by molar-refractivity contribution is -0.384. The van der Waals surface area contributed by atoms with Crippen molar-refractivity contribution in [2.45, 2.75) is 26.4 Å². The molecule has 6 heteroatoms. The Kier molecular flexibility index (Phi) is 4.34. The van der Waals surface area contributed by atoms with Gasteiger partial charge in [-0.15, -0.1) is 0 Å². The van der Waals surface area contributed by atoms with Gasteiger partial charge in [0.1, 0.15) is 11.5 Å². The molecule has 0 amide bonds. The predicted molar refractivity (Wildman–Crippen MR) is 75.1 cm³/mol. The fourth-order valence-corrected chi connectivity index (χ4v) is 2.00. The topological polar surface area (TPSA) is 60.1 Å². The molecule has 1 N–H and O–H groups in total. The molecule has 2 aromatic rings. The van der Waals surface area contributed by atoms with Crippen LogP contribution in [0.4, 0.5) is 15.8 Å². The quantitative estimate of drug-likeness (QED) is 0.648. The van der Waals surface area contributed by atoms with Gasteiger partial charge in [-0.05, 0) is 30.2 Å². The molecule has 20 heavy (non-hydrogen) atoms. The first kappa shape index (κ1) is 14.0. The van der Waals surface area contributed by atoms with Crippen LogP contribution in [0.1, 0.15) is 18.9 Å². The number of nitrogens with zero attached hydrogens (tertiary/aromatic N) is 2. The predicted octanol–water partition coefficient (Wildman–Crippen LogP) is 3.56. The van der Waals surface area contributed by atoms with Crippen LogP contribution in [0, 0.1) is 15.9 Å². The summed E-state index contributed by atoms with van der Waals surface area (Å²) in [5, 5.41) is 13.8. The maximum atomic E-state index is 13.0. The van der Waals surface area contributed by atoms with Gasteiger partial charge in [-0.1, -0.05) is 6.92 Å². The van der Waals surface area contributed by atoms with E-state index in [9.17, 15) is 14.5 Å². The molecule has 1 aromatic carbocycles. The summed E-state index contributed by atoms with van der Waals surface area (Å²) >= 11 is 0. The third-order valence-corrected chi connectivity index (χ3v) is 2.93. The highest BCUT2D eigenvalue weighted by molar-refractivity contribution is 5.61. The van der Waals surface area contributed by atoms with E-state index in [1.807, 2.05) is 18.5 Å². The van der Waals surface area contributed by atoms with Gasteiger partial charge in [0, 0.05) is 25.5 Å². The van der Waals surface area contributed by atoms with Gasteiger partial charge < -0.3 is 9.88 Å². The van der Waals surface area contributed by atoms with E-state index in [4.69, 9.17) is 0 Å². The summed E-state index contributed by atoms with van der Waals surface area (Å²) in [6.07, 6.45) is 5.01. The molecular formula is C14H16FN3O2. The number of aromatic nitrogens is 1. The van der Waals surface area contributed by atoms with E-state index in [1.165, 1.54) is 12.1 Å². The maximum Gasteiger partial charge on any atom is 0.295 e. The zero-order chi connectivity index (χ0) is 14.5. The molecule has 0 saturated heterocycles. The number of rotatable bonds is 6. The second kappa shape index (κ2) is 6.18. The Hall–Kier alpha value is -2.37. The summed E-state index contributed by atoms with van der Waals surface area (Å²) in [5.41, 5.74) is 1.09. The number of hydrogen-bond donors (Lipinski definition) is 1. The Balaban J connectivity index is 2.08. The molecule has 0 aliphatic heterocycles. The van der Waals surface area contributed by atoms with Crippen molar-refractivity contribution in [3.05, 3.63) is 58.2 Å². The van der Waals surface area contributed by atoms with Gasteiger partial charge in [-0.2, -0.15) is 0 Å². The van der Waals surface area contributed by atoms with Gasteiger partial charge >= 0.3 is 0 Å². The molecule has 0 aliphatic carbocycles. The largest absolute Gasteiger partial charge is 0.375 e. The van der Waals surface area contributed by atoms with Crippen molar-refractivity contribution >= 4 is 11.4 Å². The lowest BCUT2D eigenvalue weighted by atomic mass is 10.2. The zero-order valence-electron chi connectivity index (χ0n) is 11.2. The molecular weight excluding hydrogens is 261 g/mol. The van der Waals surface area contributed by atoms with Crippen LogP contribution in [0.2, 0.25) is 0 Å². The highest BCUT2D eigenvalue weighted by Gasteiger charge is 2.14. The van der Waals surface area contributed by atoms with Crippen LogP contribution in [-0.4, -0.2) is 9.49 Å². The van der Waals surface area contributed by atoms with Crippen LogP contribution in [0.5, 0.6) is 0 Å². The van der Waals surface area contributed by atoms with Gasteiger partial charge in [0.05, 0.1) is 11.0 Å². The second-order valence-corrected chi connectivity index (χ2v) is 4.53. The molecule has 0 fully saturated rings. The van der Waals surface area contributed by atoms with Crippen molar-refractivity contribution in [1.82, 2.24) is 4.57 Å². The Morgan fingerprint density at radius 2 is 2.20 bits per heavy atom. The van der Waals surface area contributed by atoms with E-state index < -0.39 is 10.7 Å². The number of halogens is 1. The Morgan fingerprint density at radius 1 is 1.40 bits per heavy atom. The first-order valence-electron chi connectivity index (χ1n) is 6.42. The normalized spacial score (nSPS) is 10.5. The molecule has 1 heterocycles. The molecule has 1 aromatic heterocycles. The molecule has 106 valence electrons. The summed E-state index contributed by atoms with van der Waals surface area (Å²) in [5.74, 6) is -0.614. The van der Waals surface area contributed by atoms with Gasteiger partial charge in [0.15, 0.2) is 0 Å². The molecule has 0 bridgehead atoms. The standard InChI is InChI=1S/C14H16FN3O2/c1-2-6-17-7-5-11(10-17)9-16-13-4-3-12(15)8-14(13)18(19)20/h3-5,7-8,10,16H,2,6,9H2,1H3. The van der Waals surface area contributed by atoms with E-state index in [0.29, 0.717) is 12.2 Å². The number of nitrogens with one attached hydrogen (secondary N) is 1. The number of benzene rings is 1. The van der Waals surface area contributed by atoms with E-state index in [-0.39, 0.29) is 5.69 Å². The second-order valence-electron chi connectivity index (χ2n) is 4.53. The van der Waals surface area contributed by atoms with Gasteiger partial charge in [-0.25, -0.2) is 4.39 Å². The fourth-order valence-electron chi connectivity index (χ4n) is 2.00. The summed E-state index contributed by atoms with van der Waals surface area (Å²) in [4.78, 5) is 10.3. The molecule has 0 saturated carbocycles. The molecule has 0 radical (unpaired) electrons.